The molecule has 1 saturated heterocycles. The van der Waals surface area contributed by atoms with Crippen molar-refractivity contribution in [1.82, 2.24) is 0 Å². The molecule has 0 saturated carbocycles. The van der Waals surface area contributed by atoms with Crippen LogP contribution in [0.3, 0.4) is 0 Å². The maximum absolute atomic E-state index is 9.72. The zero-order valence-corrected chi connectivity index (χ0v) is 14.3. The fourth-order valence-corrected chi connectivity index (χ4v) is 2.53. The minimum Gasteiger partial charge on any atom is -0.389 e. The number of rotatable bonds is 4. The molecule has 1 aliphatic rings. The molecule has 4 nitrogen and oxygen atoms in total. The molecule has 0 amide bonds. The van der Waals surface area contributed by atoms with E-state index in [0.717, 1.165) is 31.6 Å². The monoisotopic (exact) mass is 334 g/mol. The first-order valence-corrected chi connectivity index (χ1v) is 8.20. The summed E-state index contributed by atoms with van der Waals surface area (Å²) >= 11 is 6.25. The van der Waals surface area contributed by atoms with Crippen molar-refractivity contribution >= 4 is 23.5 Å². The van der Waals surface area contributed by atoms with Gasteiger partial charge in [0.1, 0.15) is 6.23 Å². The second-order valence-corrected chi connectivity index (χ2v) is 6.76. The van der Waals surface area contributed by atoms with Gasteiger partial charge >= 0.3 is 0 Å². The molecule has 1 aliphatic heterocycles. The lowest BCUT2D eigenvalue weighted by atomic mass is 10.0. The van der Waals surface area contributed by atoms with Crippen molar-refractivity contribution in [2.75, 3.05) is 11.9 Å². The van der Waals surface area contributed by atoms with Crippen molar-refractivity contribution < 1.29 is 9.84 Å². The molecule has 2 rings (SSSR count). The molecule has 0 spiro atoms. The quantitative estimate of drug-likeness (QED) is 0.580. The van der Waals surface area contributed by atoms with Crippen LogP contribution in [0.5, 0.6) is 0 Å². The Labute approximate surface area is 142 Å². The van der Waals surface area contributed by atoms with E-state index in [-0.39, 0.29) is 6.23 Å². The molecule has 1 aromatic carbocycles. The number of hydrogen-bond donors (Lipinski definition) is 3. The molecular formula is C18H23ClN2O2. The summed E-state index contributed by atoms with van der Waals surface area (Å²) in [5.74, 6) is 5.95. The van der Waals surface area contributed by atoms with Crippen LogP contribution < -0.4 is 5.32 Å². The van der Waals surface area contributed by atoms with E-state index in [0.29, 0.717) is 22.6 Å². The standard InChI is InChI=1S/C18H23ClN2O2/c1-18(2,22)8-5-6-13-11-16(14(12-20)10-15(13)19)21-17-7-3-4-9-23-17/h10-12,17,20-22H,3-4,7-9H2,1-2H3. The van der Waals surface area contributed by atoms with Crippen LogP contribution >= 0.6 is 11.6 Å². The second-order valence-electron chi connectivity index (χ2n) is 6.35. The fraction of sp³-hybridized carbons (Fsp3) is 0.500. The van der Waals surface area contributed by atoms with Gasteiger partial charge in [-0.05, 0) is 45.2 Å². The summed E-state index contributed by atoms with van der Waals surface area (Å²) in [6.45, 7) is 4.19. The SMILES string of the molecule is CC(C)(O)CC#Cc1cc(NC2CCCCO2)c(C=N)cc1Cl. The molecule has 1 heterocycles. The fourth-order valence-electron chi connectivity index (χ4n) is 2.31. The van der Waals surface area contributed by atoms with Crippen LogP contribution in [0.1, 0.15) is 50.7 Å². The maximum atomic E-state index is 9.72. The third kappa shape index (κ3) is 5.54. The highest BCUT2D eigenvalue weighted by Crippen LogP contribution is 2.26. The third-order valence-electron chi connectivity index (χ3n) is 3.53. The van der Waals surface area contributed by atoms with Crippen molar-refractivity contribution in [3.63, 3.8) is 0 Å². The number of anilines is 1. The summed E-state index contributed by atoms with van der Waals surface area (Å²) in [6.07, 6.45) is 4.75. The van der Waals surface area contributed by atoms with Crippen molar-refractivity contribution in [2.45, 2.75) is 51.4 Å². The molecule has 0 aliphatic carbocycles. The number of halogens is 1. The Balaban J connectivity index is 2.22. The van der Waals surface area contributed by atoms with E-state index in [1.807, 2.05) is 6.07 Å². The minimum absolute atomic E-state index is 0.0409. The lowest BCUT2D eigenvalue weighted by Crippen LogP contribution is -2.27. The predicted octanol–water partition coefficient (Wildman–Crippen LogP) is 3.79. The van der Waals surface area contributed by atoms with Crippen LogP contribution in [0, 0.1) is 17.3 Å². The molecule has 23 heavy (non-hydrogen) atoms. The molecule has 1 unspecified atom stereocenters. The summed E-state index contributed by atoms with van der Waals surface area (Å²) < 4.78 is 5.69. The van der Waals surface area contributed by atoms with Gasteiger partial charge in [-0.2, -0.15) is 0 Å². The maximum Gasteiger partial charge on any atom is 0.127 e. The van der Waals surface area contributed by atoms with E-state index in [1.54, 1.807) is 19.9 Å². The highest BCUT2D eigenvalue weighted by Gasteiger charge is 2.16. The van der Waals surface area contributed by atoms with Crippen molar-refractivity contribution in [1.29, 1.82) is 5.41 Å². The van der Waals surface area contributed by atoms with Crippen LogP contribution in [0.4, 0.5) is 5.69 Å². The summed E-state index contributed by atoms with van der Waals surface area (Å²) in [6, 6.07) is 3.58. The lowest BCUT2D eigenvalue weighted by molar-refractivity contribution is 0.0343. The highest BCUT2D eigenvalue weighted by atomic mass is 35.5. The summed E-state index contributed by atoms with van der Waals surface area (Å²) in [4.78, 5) is 0. The van der Waals surface area contributed by atoms with E-state index >= 15 is 0 Å². The molecule has 1 atom stereocenters. The topological polar surface area (TPSA) is 65.3 Å². The first kappa shape index (κ1) is 17.8. The van der Waals surface area contributed by atoms with Gasteiger partial charge in [0.05, 0.1) is 10.6 Å². The van der Waals surface area contributed by atoms with E-state index < -0.39 is 5.60 Å². The molecule has 1 aromatic rings. The van der Waals surface area contributed by atoms with Crippen LogP contribution in [-0.2, 0) is 4.74 Å². The Bertz CT molecular complexity index is 620. The molecule has 0 aromatic heterocycles. The number of ether oxygens (including phenoxy) is 1. The van der Waals surface area contributed by atoms with Crippen molar-refractivity contribution in [2.24, 2.45) is 0 Å². The first-order chi connectivity index (χ1) is 10.9. The zero-order chi connectivity index (χ0) is 16.9. The normalized spacial score (nSPS) is 18.0. The Kier molecular flexibility index (Phi) is 6.06. The van der Waals surface area contributed by atoms with Gasteiger partial charge in [-0.15, -0.1) is 0 Å². The minimum atomic E-state index is -0.828. The van der Waals surface area contributed by atoms with Gasteiger partial charge in [-0.1, -0.05) is 23.4 Å². The Morgan fingerprint density at radius 3 is 2.87 bits per heavy atom. The van der Waals surface area contributed by atoms with Gasteiger partial charge in [-0.3, -0.25) is 0 Å². The molecule has 0 radical (unpaired) electrons. The summed E-state index contributed by atoms with van der Waals surface area (Å²) in [5.41, 5.74) is 1.35. The van der Waals surface area contributed by atoms with Crippen LogP contribution in [0.2, 0.25) is 5.02 Å². The van der Waals surface area contributed by atoms with Gasteiger partial charge in [0, 0.05) is 36.1 Å². The Hall–Kier alpha value is -1.54. The largest absolute Gasteiger partial charge is 0.389 e. The molecule has 0 bridgehead atoms. The average molecular weight is 335 g/mol. The molecule has 3 N–H and O–H groups in total. The molecule has 124 valence electrons. The molecular weight excluding hydrogens is 312 g/mol. The van der Waals surface area contributed by atoms with Crippen LogP contribution in [0.15, 0.2) is 12.1 Å². The highest BCUT2D eigenvalue weighted by molar-refractivity contribution is 6.32. The number of hydrogen-bond acceptors (Lipinski definition) is 4. The van der Waals surface area contributed by atoms with Gasteiger partial charge in [-0.25, -0.2) is 0 Å². The molecule has 1 fully saturated rings. The van der Waals surface area contributed by atoms with E-state index in [1.165, 1.54) is 6.21 Å². The summed E-state index contributed by atoms with van der Waals surface area (Å²) in [5, 5.41) is 21.1. The van der Waals surface area contributed by atoms with E-state index in [4.69, 9.17) is 21.7 Å². The average Bonchev–Trinajstić information content (AvgIpc) is 2.50. The first-order valence-electron chi connectivity index (χ1n) is 7.82. The van der Waals surface area contributed by atoms with Crippen LogP contribution in [-0.4, -0.2) is 29.8 Å². The van der Waals surface area contributed by atoms with Crippen molar-refractivity contribution in [3.05, 3.63) is 28.3 Å². The van der Waals surface area contributed by atoms with Gasteiger partial charge in [0.15, 0.2) is 0 Å². The van der Waals surface area contributed by atoms with E-state index in [9.17, 15) is 5.11 Å². The van der Waals surface area contributed by atoms with E-state index in [2.05, 4.69) is 17.2 Å². The number of benzene rings is 1. The number of aliphatic hydroxyl groups is 1. The lowest BCUT2D eigenvalue weighted by Gasteiger charge is -2.25. The Morgan fingerprint density at radius 1 is 1.48 bits per heavy atom. The smallest absolute Gasteiger partial charge is 0.127 e. The van der Waals surface area contributed by atoms with Crippen molar-refractivity contribution in [3.8, 4) is 11.8 Å². The number of nitrogens with one attached hydrogen (secondary N) is 2. The predicted molar refractivity (Wildman–Crippen MR) is 94.3 cm³/mol. The van der Waals surface area contributed by atoms with Crippen LogP contribution in [0.25, 0.3) is 0 Å². The summed E-state index contributed by atoms with van der Waals surface area (Å²) in [7, 11) is 0. The molecule has 5 heteroatoms. The van der Waals surface area contributed by atoms with Gasteiger partial charge in [0.25, 0.3) is 0 Å². The van der Waals surface area contributed by atoms with Gasteiger partial charge < -0.3 is 20.6 Å². The van der Waals surface area contributed by atoms with Gasteiger partial charge in [0.2, 0.25) is 0 Å². The third-order valence-corrected chi connectivity index (χ3v) is 3.85. The zero-order valence-electron chi connectivity index (χ0n) is 13.6. The Morgan fingerprint density at radius 2 is 2.26 bits per heavy atom. The second kappa shape index (κ2) is 7.83.